The first-order chi connectivity index (χ1) is 13.1. The van der Waals surface area contributed by atoms with E-state index in [1.54, 1.807) is 36.7 Å². The van der Waals surface area contributed by atoms with Crippen LogP contribution < -0.4 is 15.0 Å². The maximum atomic E-state index is 12.9. The lowest BCUT2D eigenvalue weighted by atomic mass is 10.3. The van der Waals surface area contributed by atoms with Crippen LogP contribution in [-0.2, 0) is 10.0 Å². The van der Waals surface area contributed by atoms with Gasteiger partial charge >= 0.3 is 0 Å². The molecule has 27 heavy (non-hydrogen) atoms. The highest BCUT2D eigenvalue weighted by Crippen LogP contribution is 2.25. The van der Waals surface area contributed by atoms with E-state index in [9.17, 15) is 8.42 Å². The quantitative estimate of drug-likeness (QED) is 0.734. The summed E-state index contributed by atoms with van der Waals surface area (Å²) in [6, 6.07) is 17.7. The van der Waals surface area contributed by atoms with E-state index in [0.717, 1.165) is 31.9 Å². The number of aromatic nitrogens is 1. The molecule has 140 valence electrons. The first-order valence-electron chi connectivity index (χ1n) is 8.85. The topological polar surface area (TPSA) is 63.6 Å². The fourth-order valence-electron chi connectivity index (χ4n) is 3.05. The van der Waals surface area contributed by atoms with Crippen LogP contribution in [0.4, 0.5) is 5.69 Å². The van der Waals surface area contributed by atoms with Gasteiger partial charge in [0.1, 0.15) is 11.5 Å². The minimum atomic E-state index is -3.63. The van der Waals surface area contributed by atoms with Crippen molar-refractivity contribution in [1.82, 2.24) is 9.29 Å². The second-order valence-electron chi connectivity index (χ2n) is 6.33. The molecule has 0 unspecified atom stereocenters. The Labute approximate surface area is 159 Å². The molecule has 2 heterocycles. The maximum absolute atomic E-state index is 12.9. The lowest BCUT2D eigenvalue weighted by molar-refractivity contribution is 0.482. The van der Waals surface area contributed by atoms with Crippen molar-refractivity contribution < 1.29 is 13.2 Å². The summed E-state index contributed by atoms with van der Waals surface area (Å²) in [5, 5.41) is 3.29. The van der Waals surface area contributed by atoms with E-state index in [1.807, 2.05) is 36.4 Å². The number of rotatable bonds is 5. The Hall–Kier alpha value is -2.77. The number of anilines is 1. The molecule has 1 aliphatic heterocycles. The largest absolute Gasteiger partial charge is 0.457 e. The van der Waals surface area contributed by atoms with Gasteiger partial charge in [-0.2, -0.15) is 0 Å². The Morgan fingerprint density at radius 2 is 1.52 bits per heavy atom. The lowest BCUT2D eigenvalue weighted by Gasteiger charge is -2.28. The molecule has 3 aromatic rings. The van der Waals surface area contributed by atoms with E-state index < -0.39 is 10.0 Å². The van der Waals surface area contributed by atoms with Gasteiger partial charge < -0.3 is 15.0 Å². The Balaban J connectivity index is 1.52. The molecule has 0 saturated carbocycles. The molecule has 1 fully saturated rings. The summed E-state index contributed by atoms with van der Waals surface area (Å²) in [6.45, 7) is 3.55. The van der Waals surface area contributed by atoms with Crippen molar-refractivity contribution in [3.8, 4) is 11.5 Å². The molecule has 0 bridgehead atoms. The van der Waals surface area contributed by atoms with Gasteiger partial charge in [-0.05, 0) is 42.5 Å². The van der Waals surface area contributed by atoms with E-state index in [4.69, 9.17) is 4.74 Å². The van der Waals surface area contributed by atoms with E-state index >= 15 is 0 Å². The van der Waals surface area contributed by atoms with Crippen LogP contribution in [0.2, 0.25) is 0 Å². The summed E-state index contributed by atoms with van der Waals surface area (Å²) in [4.78, 5) is 2.41. The summed E-state index contributed by atoms with van der Waals surface area (Å²) in [5.74, 6) is 1.30. The average Bonchev–Trinajstić information content (AvgIpc) is 3.21. The molecule has 1 saturated heterocycles. The van der Waals surface area contributed by atoms with Crippen LogP contribution in [0.1, 0.15) is 0 Å². The molecule has 2 aromatic carbocycles. The molecule has 1 aliphatic rings. The van der Waals surface area contributed by atoms with Gasteiger partial charge in [0.25, 0.3) is 10.0 Å². The number of hydrogen-bond donors (Lipinski definition) is 1. The van der Waals surface area contributed by atoms with Crippen LogP contribution in [-0.4, -0.2) is 38.6 Å². The van der Waals surface area contributed by atoms with Gasteiger partial charge in [0, 0.05) is 38.6 Å². The lowest BCUT2D eigenvalue weighted by Crippen LogP contribution is -2.43. The van der Waals surface area contributed by atoms with E-state index in [2.05, 4.69) is 10.2 Å². The maximum Gasteiger partial charge on any atom is 0.267 e. The van der Waals surface area contributed by atoms with Crippen LogP contribution in [0.3, 0.4) is 0 Å². The van der Waals surface area contributed by atoms with Gasteiger partial charge in [0.05, 0.1) is 10.6 Å². The third-order valence-electron chi connectivity index (χ3n) is 4.51. The molecule has 7 heteroatoms. The standard InChI is InChI=1S/C20H21N3O3S/c24-27(25,23-13-10-17(16-23)22-14-11-21-12-15-22)20-8-6-19(7-9-20)26-18-4-2-1-3-5-18/h1-10,13,16,21H,11-12,14-15H2. The van der Waals surface area contributed by atoms with Crippen molar-refractivity contribution in [3.05, 3.63) is 73.1 Å². The number of hydrogen-bond acceptors (Lipinski definition) is 5. The van der Waals surface area contributed by atoms with E-state index in [1.165, 1.54) is 3.97 Å². The Morgan fingerprint density at radius 1 is 0.852 bits per heavy atom. The Kier molecular flexibility index (Phi) is 4.87. The van der Waals surface area contributed by atoms with Gasteiger partial charge in [-0.1, -0.05) is 18.2 Å². The third kappa shape index (κ3) is 3.84. The molecule has 4 rings (SSSR count). The molecule has 1 N–H and O–H groups in total. The fraction of sp³-hybridized carbons (Fsp3) is 0.200. The Bertz CT molecular complexity index is 992. The smallest absolute Gasteiger partial charge is 0.267 e. The van der Waals surface area contributed by atoms with E-state index in [-0.39, 0.29) is 4.90 Å². The first-order valence-corrected chi connectivity index (χ1v) is 10.3. The van der Waals surface area contributed by atoms with Crippen molar-refractivity contribution in [2.24, 2.45) is 0 Å². The fourth-order valence-corrected chi connectivity index (χ4v) is 4.24. The zero-order valence-electron chi connectivity index (χ0n) is 14.8. The van der Waals surface area contributed by atoms with Gasteiger partial charge in [0.15, 0.2) is 0 Å². The number of piperazine rings is 1. The molecule has 0 aliphatic carbocycles. The zero-order valence-corrected chi connectivity index (χ0v) is 15.6. The van der Waals surface area contributed by atoms with Crippen molar-refractivity contribution >= 4 is 15.7 Å². The van der Waals surface area contributed by atoms with Gasteiger partial charge in [-0.3, -0.25) is 0 Å². The normalized spacial score (nSPS) is 14.9. The molecule has 1 aromatic heterocycles. The summed E-state index contributed by atoms with van der Waals surface area (Å²) in [6.07, 6.45) is 3.27. The molecule has 0 radical (unpaired) electrons. The summed E-state index contributed by atoms with van der Waals surface area (Å²) in [7, 11) is -3.63. The summed E-state index contributed by atoms with van der Waals surface area (Å²) in [5.41, 5.74) is 0.920. The highest BCUT2D eigenvalue weighted by molar-refractivity contribution is 7.90. The average molecular weight is 383 g/mol. The van der Waals surface area contributed by atoms with Crippen LogP contribution in [0, 0.1) is 0 Å². The van der Waals surface area contributed by atoms with Crippen molar-refractivity contribution in [3.63, 3.8) is 0 Å². The van der Waals surface area contributed by atoms with Crippen LogP contribution in [0.15, 0.2) is 78.0 Å². The van der Waals surface area contributed by atoms with Gasteiger partial charge in [-0.25, -0.2) is 12.4 Å². The van der Waals surface area contributed by atoms with Crippen molar-refractivity contribution in [2.45, 2.75) is 4.90 Å². The number of benzene rings is 2. The number of ether oxygens (including phenoxy) is 1. The predicted octanol–water partition coefficient (Wildman–Crippen LogP) is 2.93. The highest BCUT2D eigenvalue weighted by Gasteiger charge is 2.19. The van der Waals surface area contributed by atoms with E-state index in [0.29, 0.717) is 11.5 Å². The summed E-state index contributed by atoms with van der Waals surface area (Å²) < 4.78 is 32.8. The van der Waals surface area contributed by atoms with Crippen LogP contribution in [0.25, 0.3) is 0 Å². The van der Waals surface area contributed by atoms with Crippen LogP contribution in [0.5, 0.6) is 11.5 Å². The predicted molar refractivity (Wildman–Crippen MR) is 105 cm³/mol. The molecule has 0 amide bonds. The number of para-hydroxylation sites is 1. The third-order valence-corrected chi connectivity index (χ3v) is 6.16. The summed E-state index contributed by atoms with van der Waals surface area (Å²) >= 11 is 0. The van der Waals surface area contributed by atoms with Crippen LogP contribution >= 0.6 is 0 Å². The second-order valence-corrected chi connectivity index (χ2v) is 8.17. The molecule has 0 atom stereocenters. The van der Waals surface area contributed by atoms with Gasteiger partial charge in [-0.15, -0.1) is 0 Å². The Morgan fingerprint density at radius 3 is 2.22 bits per heavy atom. The molecule has 6 nitrogen and oxygen atoms in total. The molecule has 0 spiro atoms. The monoisotopic (exact) mass is 383 g/mol. The highest BCUT2D eigenvalue weighted by atomic mass is 32.2. The minimum absolute atomic E-state index is 0.227. The minimum Gasteiger partial charge on any atom is -0.457 e. The second kappa shape index (κ2) is 7.46. The zero-order chi connectivity index (χ0) is 18.7. The van der Waals surface area contributed by atoms with Crippen molar-refractivity contribution in [1.29, 1.82) is 0 Å². The van der Waals surface area contributed by atoms with Gasteiger partial charge in [0.2, 0.25) is 0 Å². The molecular formula is C20H21N3O3S. The number of nitrogens with one attached hydrogen (secondary N) is 1. The van der Waals surface area contributed by atoms with Crippen molar-refractivity contribution in [2.75, 3.05) is 31.1 Å². The molecular weight excluding hydrogens is 362 g/mol. The number of nitrogens with zero attached hydrogens (tertiary/aromatic N) is 2. The first kappa shape index (κ1) is 17.6. The SMILES string of the molecule is O=S(=O)(c1ccc(Oc2ccccc2)cc1)n1ccc(N2CCNCC2)c1.